The molecule has 1 fully saturated rings. The zero-order chi connectivity index (χ0) is 17.3. The smallest absolute Gasteiger partial charge is 0.351 e. The summed E-state index contributed by atoms with van der Waals surface area (Å²) >= 11 is 0. The van der Waals surface area contributed by atoms with Gasteiger partial charge in [0.05, 0.1) is 11.5 Å². The molecule has 2 aromatic rings. The van der Waals surface area contributed by atoms with Crippen LogP contribution in [-0.4, -0.2) is 41.6 Å². The third-order valence-electron chi connectivity index (χ3n) is 3.97. The van der Waals surface area contributed by atoms with E-state index in [1.807, 2.05) is 19.1 Å². The number of carbonyl (C=O) groups is 1. The van der Waals surface area contributed by atoms with Crippen molar-refractivity contribution >= 4 is 15.7 Å². The Morgan fingerprint density at radius 2 is 2.17 bits per heavy atom. The minimum atomic E-state index is -3.08. The first-order valence-corrected chi connectivity index (χ1v) is 9.30. The third kappa shape index (κ3) is 3.40. The van der Waals surface area contributed by atoms with E-state index in [4.69, 9.17) is 4.52 Å². The molecule has 0 saturated carbocycles. The second-order valence-electron chi connectivity index (χ2n) is 5.84. The number of hydrogen-bond acceptors (Lipinski definition) is 6. The average Bonchev–Trinajstić information content (AvgIpc) is 3.03. The monoisotopic (exact) mass is 351 g/mol. The number of nitrogens with zero attached hydrogens (tertiary/aromatic N) is 2. The molecule has 1 N–H and O–H groups in total. The molecule has 2 heterocycles. The Balaban J connectivity index is 1.79. The number of nitrogens with one attached hydrogen (secondary N) is 1. The largest absolute Gasteiger partial charge is 0.442 e. The lowest BCUT2D eigenvalue weighted by Gasteiger charge is -2.11. The topological polar surface area (TPSA) is 111 Å². The van der Waals surface area contributed by atoms with Gasteiger partial charge in [-0.05, 0) is 18.9 Å². The molecule has 0 radical (unpaired) electrons. The summed E-state index contributed by atoms with van der Waals surface area (Å²) in [7, 11) is -3.08. The summed E-state index contributed by atoms with van der Waals surface area (Å²) in [5, 5.41) is 6.40. The summed E-state index contributed by atoms with van der Waals surface area (Å²) in [5.41, 5.74) is 1.58. The van der Waals surface area contributed by atoms with Crippen molar-refractivity contribution in [3.8, 4) is 11.4 Å². The lowest BCUT2D eigenvalue weighted by molar-refractivity contribution is -0.122. The van der Waals surface area contributed by atoms with Gasteiger partial charge in [-0.2, -0.15) is 0 Å². The quantitative estimate of drug-likeness (QED) is 0.837. The molecular formula is C15H17N3O5S. The van der Waals surface area contributed by atoms with Crippen LogP contribution in [0.1, 0.15) is 12.0 Å². The molecule has 0 bridgehead atoms. The molecule has 1 aromatic carbocycles. The number of carbonyl (C=O) groups excluding carboxylic acids is 1. The van der Waals surface area contributed by atoms with Crippen LogP contribution in [0.2, 0.25) is 0 Å². The number of amides is 1. The van der Waals surface area contributed by atoms with E-state index in [0.29, 0.717) is 12.0 Å². The first-order chi connectivity index (χ1) is 11.4. The van der Waals surface area contributed by atoms with Gasteiger partial charge in [0.15, 0.2) is 15.7 Å². The second kappa shape index (κ2) is 6.23. The van der Waals surface area contributed by atoms with E-state index in [2.05, 4.69) is 10.5 Å². The highest BCUT2D eigenvalue weighted by Gasteiger charge is 2.29. The Hall–Kier alpha value is -2.42. The second-order valence-corrected chi connectivity index (χ2v) is 8.07. The number of aryl methyl sites for hydroxylation is 1. The van der Waals surface area contributed by atoms with Crippen LogP contribution in [0.3, 0.4) is 0 Å². The fourth-order valence-electron chi connectivity index (χ4n) is 2.75. The Labute approximate surface area is 138 Å². The van der Waals surface area contributed by atoms with Crippen molar-refractivity contribution in [3.63, 3.8) is 0 Å². The zero-order valence-electron chi connectivity index (χ0n) is 13.1. The first kappa shape index (κ1) is 16.4. The molecule has 3 rings (SSSR count). The highest BCUT2D eigenvalue weighted by molar-refractivity contribution is 7.91. The van der Waals surface area contributed by atoms with Gasteiger partial charge in [-0.25, -0.2) is 17.8 Å². The molecule has 128 valence electrons. The number of sulfone groups is 1. The Morgan fingerprint density at radius 1 is 1.42 bits per heavy atom. The standard InChI is InChI=1S/C15H17N3O5S/c1-10-4-2-3-5-12(10)14-17-23-15(20)18(14)8-13(19)16-11-6-7-24(21,22)9-11/h2-5,11H,6-9H2,1H3,(H,16,19). The molecule has 0 spiro atoms. The normalized spacial score (nSPS) is 19.3. The summed E-state index contributed by atoms with van der Waals surface area (Å²) in [6, 6.07) is 6.89. The molecule has 0 aliphatic carbocycles. The van der Waals surface area contributed by atoms with Crippen molar-refractivity contribution in [1.29, 1.82) is 0 Å². The van der Waals surface area contributed by atoms with Crippen LogP contribution in [0.25, 0.3) is 11.4 Å². The van der Waals surface area contributed by atoms with Gasteiger partial charge in [0.1, 0.15) is 6.54 Å². The van der Waals surface area contributed by atoms with Crippen molar-refractivity contribution in [3.05, 3.63) is 40.4 Å². The molecule has 8 nitrogen and oxygen atoms in total. The Morgan fingerprint density at radius 3 is 2.83 bits per heavy atom. The fourth-order valence-corrected chi connectivity index (χ4v) is 4.42. The maximum absolute atomic E-state index is 12.2. The van der Waals surface area contributed by atoms with Gasteiger partial charge < -0.3 is 5.32 Å². The summed E-state index contributed by atoms with van der Waals surface area (Å²) in [4.78, 5) is 24.0. The van der Waals surface area contributed by atoms with Crippen LogP contribution >= 0.6 is 0 Å². The van der Waals surface area contributed by atoms with Crippen LogP contribution in [0.4, 0.5) is 0 Å². The van der Waals surface area contributed by atoms with E-state index in [9.17, 15) is 18.0 Å². The van der Waals surface area contributed by atoms with Gasteiger partial charge in [-0.15, -0.1) is 0 Å². The molecule has 1 aromatic heterocycles. The van der Waals surface area contributed by atoms with Gasteiger partial charge in [0.25, 0.3) is 0 Å². The van der Waals surface area contributed by atoms with E-state index in [0.717, 1.165) is 10.1 Å². The SMILES string of the molecule is Cc1ccccc1-c1noc(=O)n1CC(=O)NC1CCS(=O)(=O)C1. The molecule has 1 saturated heterocycles. The summed E-state index contributed by atoms with van der Waals surface area (Å²) in [6.45, 7) is 1.59. The predicted molar refractivity (Wildman–Crippen MR) is 86.1 cm³/mol. The number of aromatic nitrogens is 2. The third-order valence-corrected chi connectivity index (χ3v) is 5.74. The van der Waals surface area contributed by atoms with Crippen molar-refractivity contribution in [2.24, 2.45) is 0 Å². The maximum atomic E-state index is 12.2. The van der Waals surface area contributed by atoms with Crippen LogP contribution in [-0.2, 0) is 21.2 Å². The molecule has 1 atom stereocenters. The minimum Gasteiger partial charge on any atom is -0.351 e. The van der Waals surface area contributed by atoms with Crippen LogP contribution in [0, 0.1) is 6.92 Å². The molecule has 1 aliphatic rings. The highest BCUT2D eigenvalue weighted by atomic mass is 32.2. The fraction of sp³-hybridized carbons (Fsp3) is 0.400. The first-order valence-electron chi connectivity index (χ1n) is 7.48. The summed E-state index contributed by atoms with van der Waals surface area (Å²) in [5.74, 6) is -0.909. The van der Waals surface area contributed by atoms with Crippen LogP contribution < -0.4 is 11.1 Å². The van der Waals surface area contributed by atoms with E-state index in [1.165, 1.54) is 0 Å². The Bertz CT molecular complexity index is 929. The number of rotatable bonds is 4. The van der Waals surface area contributed by atoms with E-state index >= 15 is 0 Å². The number of benzene rings is 1. The van der Waals surface area contributed by atoms with E-state index in [1.54, 1.807) is 12.1 Å². The predicted octanol–water partition coefficient (Wildman–Crippen LogP) is 0.115. The number of hydrogen-bond donors (Lipinski definition) is 1. The van der Waals surface area contributed by atoms with Crippen molar-refractivity contribution in [1.82, 2.24) is 15.0 Å². The van der Waals surface area contributed by atoms with Gasteiger partial charge >= 0.3 is 5.76 Å². The van der Waals surface area contributed by atoms with E-state index < -0.39 is 27.5 Å². The molecular weight excluding hydrogens is 334 g/mol. The van der Waals surface area contributed by atoms with Crippen molar-refractivity contribution in [2.45, 2.75) is 25.9 Å². The van der Waals surface area contributed by atoms with Crippen molar-refractivity contribution < 1.29 is 17.7 Å². The summed E-state index contributed by atoms with van der Waals surface area (Å²) < 4.78 is 28.7. The minimum absolute atomic E-state index is 0.0675. The molecule has 24 heavy (non-hydrogen) atoms. The lowest BCUT2D eigenvalue weighted by atomic mass is 10.1. The summed E-state index contributed by atoms with van der Waals surface area (Å²) in [6.07, 6.45) is 0.386. The molecule has 1 unspecified atom stereocenters. The van der Waals surface area contributed by atoms with Gasteiger partial charge in [0.2, 0.25) is 5.91 Å². The Kier molecular flexibility index (Phi) is 4.27. The molecule has 9 heteroatoms. The van der Waals surface area contributed by atoms with Crippen molar-refractivity contribution in [2.75, 3.05) is 11.5 Å². The van der Waals surface area contributed by atoms with Gasteiger partial charge in [-0.3, -0.25) is 9.32 Å². The lowest BCUT2D eigenvalue weighted by Crippen LogP contribution is -2.39. The average molecular weight is 351 g/mol. The zero-order valence-corrected chi connectivity index (χ0v) is 13.9. The highest BCUT2D eigenvalue weighted by Crippen LogP contribution is 2.20. The molecule has 1 aliphatic heterocycles. The van der Waals surface area contributed by atoms with Gasteiger partial charge in [-0.1, -0.05) is 29.4 Å². The van der Waals surface area contributed by atoms with E-state index in [-0.39, 0.29) is 23.9 Å². The van der Waals surface area contributed by atoms with Crippen LogP contribution in [0.5, 0.6) is 0 Å². The van der Waals surface area contributed by atoms with Gasteiger partial charge in [0, 0.05) is 11.6 Å². The maximum Gasteiger partial charge on any atom is 0.442 e. The molecule has 1 amide bonds. The van der Waals surface area contributed by atoms with Crippen LogP contribution in [0.15, 0.2) is 33.6 Å².